The Morgan fingerprint density at radius 2 is 2.00 bits per heavy atom. The highest BCUT2D eigenvalue weighted by atomic mass is 32.2. The lowest BCUT2D eigenvalue weighted by molar-refractivity contribution is 0.0655. The van der Waals surface area contributed by atoms with Crippen LogP contribution in [0.25, 0.3) is 0 Å². The van der Waals surface area contributed by atoms with Crippen LogP contribution in [0.3, 0.4) is 0 Å². The summed E-state index contributed by atoms with van der Waals surface area (Å²) in [5, 5.41) is 3.24. The van der Waals surface area contributed by atoms with Gasteiger partial charge in [0, 0.05) is 44.3 Å². The minimum Gasteiger partial charge on any atom is -0.379 e. The monoisotopic (exact) mass is 353 g/mol. The first-order chi connectivity index (χ1) is 11.5. The Kier molecular flexibility index (Phi) is 5.19. The van der Waals surface area contributed by atoms with E-state index in [2.05, 4.69) is 5.32 Å². The Morgan fingerprint density at radius 3 is 2.71 bits per heavy atom. The molecular formula is C16H23N3O4S. The molecule has 24 heavy (non-hydrogen) atoms. The number of rotatable bonds is 3. The third kappa shape index (κ3) is 3.46. The van der Waals surface area contributed by atoms with Gasteiger partial charge in [0.15, 0.2) is 0 Å². The third-order valence-electron chi connectivity index (χ3n) is 4.45. The summed E-state index contributed by atoms with van der Waals surface area (Å²) in [4.78, 5) is 14.7. The first-order valence-corrected chi connectivity index (χ1v) is 9.64. The molecule has 8 heteroatoms. The highest BCUT2D eigenvalue weighted by Gasteiger charge is 2.28. The molecule has 0 spiro atoms. The molecule has 0 aliphatic carbocycles. The Bertz CT molecular complexity index is 701. The van der Waals surface area contributed by atoms with Crippen LogP contribution in [0.5, 0.6) is 0 Å². The molecule has 7 nitrogen and oxygen atoms in total. The zero-order valence-corrected chi connectivity index (χ0v) is 14.6. The molecule has 0 bridgehead atoms. The number of piperazine rings is 1. The van der Waals surface area contributed by atoms with Crippen LogP contribution in [-0.4, -0.2) is 75.5 Å². The van der Waals surface area contributed by atoms with Crippen LogP contribution >= 0.6 is 0 Å². The van der Waals surface area contributed by atoms with Crippen LogP contribution in [-0.2, 0) is 14.8 Å². The van der Waals surface area contributed by atoms with Crippen LogP contribution in [0, 0.1) is 0 Å². The van der Waals surface area contributed by atoms with Crippen molar-refractivity contribution < 1.29 is 17.9 Å². The van der Waals surface area contributed by atoms with Gasteiger partial charge < -0.3 is 15.0 Å². The molecule has 2 aliphatic heterocycles. The van der Waals surface area contributed by atoms with Crippen molar-refractivity contribution in [3.63, 3.8) is 0 Å². The fourth-order valence-electron chi connectivity index (χ4n) is 3.03. The number of benzene rings is 1. The van der Waals surface area contributed by atoms with E-state index >= 15 is 0 Å². The number of sulfonamides is 1. The summed E-state index contributed by atoms with van der Waals surface area (Å²) in [7, 11) is -3.59. The maximum absolute atomic E-state index is 12.7. The van der Waals surface area contributed by atoms with Gasteiger partial charge in [-0.3, -0.25) is 4.79 Å². The van der Waals surface area contributed by atoms with E-state index in [1.807, 2.05) is 6.92 Å². The molecule has 1 aromatic rings. The molecule has 0 unspecified atom stereocenters. The predicted octanol–water partition coefficient (Wildman–Crippen LogP) is 0.141. The standard InChI is InChI=1S/C16H23N3O4S/c1-13-12-17-5-6-19(13)16(20)14-3-2-4-15(11-14)24(21,22)18-7-9-23-10-8-18/h2-4,11,13,17H,5-10,12H2,1H3/t13-/m1/s1. The van der Waals surface area contributed by atoms with Gasteiger partial charge >= 0.3 is 0 Å². The predicted molar refractivity (Wildman–Crippen MR) is 89.4 cm³/mol. The van der Waals surface area contributed by atoms with E-state index in [-0.39, 0.29) is 16.8 Å². The molecule has 2 fully saturated rings. The van der Waals surface area contributed by atoms with Gasteiger partial charge in [-0.15, -0.1) is 0 Å². The van der Waals surface area contributed by atoms with E-state index in [1.165, 1.54) is 10.4 Å². The van der Waals surface area contributed by atoms with E-state index in [1.54, 1.807) is 23.1 Å². The average molecular weight is 353 g/mol. The van der Waals surface area contributed by atoms with E-state index in [4.69, 9.17) is 4.74 Å². The minimum atomic E-state index is -3.59. The molecule has 1 N–H and O–H groups in total. The van der Waals surface area contributed by atoms with Gasteiger partial charge in [-0.1, -0.05) is 6.07 Å². The molecule has 132 valence electrons. The SMILES string of the molecule is C[C@@H]1CNCCN1C(=O)c1cccc(S(=O)(=O)N2CCOCC2)c1. The van der Waals surface area contributed by atoms with Crippen LogP contribution in [0.4, 0.5) is 0 Å². The fourth-order valence-corrected chi connectivity index (χ4v) is 4.49. The topological polar surface area (TPSA) is 79.0 Å². The summed E-state index contributed by atoms with van der Waals surface area (Å²) in [5.41, 5.74) is 0.415. The highest BCUT2D eigenvalue weighted by molar-refractivity contribution is 7.89. The number of morpholine rings is 1. The fraction of sp³-hybridized carbons (Fsp3) is 0.562. The summed E-state index contributed by atoms with van der Waals surface area (Å²) in [6.07, 6.45) is 0. The summed E-state index contributed by atoms with van der Waals surface area (Å²) >= 11 is 0. The first kappa shape index (κ1) is 17.3. The normalized spacial score (nSPS) is 23.2. The molecule has 2 heterocycles. The van der Waals surface area contributed by atoms with Crippen molar-refractivity contribution in [3.8, 4) is 0 Å². The molecule has 0 aromatic heterocycles. The zero-order chi connectivity index (χ0) is 17.2. The van der Waals surface area contributed by atoms with Gasteiger partial charge in [-0.05, 0) is 25.1 Å². The lowest BCUT2D eigenvalue weighted by Crippen LogP contribution is -2.52. The average Bonchev–Trinajstić information content (AvgIpc) is 2.62. The summed E-state index contributed by atoms with van der Waals surface area (Å²) in [6.45, 7) is 5.59. The smallest absolute Gasteiger partial charge is 0.254 e. The molecular weight excluding hydrogens is 330 g/mol. The van der Waals surface area contributed by atoms with Crippen molar-refractivity contribution in [2.75, 3.05) is 45.9 Å². The van der Waals surface area contributed by atoms with Crippen molar-refractivity contribution in [1.29, 1.82) is 0 Å². The molecule has 1 amide bonds. The molecule has 0 radical (unpaired) electrons. The lowest BCUT2D eigenvalue weighted by Gasteiger charge is -2.34. The second-order valence-corrected chi connectivity index (χ2v) is 8.03. The van der Waals surface area contributed by atoms with Gasteiger partial charge in [0.1, 0.15) is 0 Å². The number of carbonyl (C=O) groups excluding carboxylic acids is 1. The van der Waals surface area contributed by atoms with Gasteiger partial charge in [-0.25, -0.2) is 8.42 Å². The lowest BCUT2D eigenvalue weighted by atomic mass is 10.1. The van der Waals surface area contributed by atoms with Gasteiger partial charge in [0.25, 0.3) is 5.91 Å². The third-order valence-corrected chi connectivity index (χ3v) is 6.35. The number of nitrogens with one attached hydrogen (secondary N) is 1. The molecule has 2 saturated heterocycles. The highest BCUT2D eigenvalue weighted by Crippen LogP contribution is 2.20. The molecule has 3 rings (SSSR count). The summed E-state index contributed by atoms with van der Waals surface area (Å²) in [5.74, 6) is -0.122. The first-order valence-electron chi connectivity index (χ1n) is 8.20. The Hall–Kier alpha value is -1.48. The number of hydrogen-bond acceptors (Lipinski definition) is 5. The zero-order valence-electron chi connectivity index (χ0n) is 13.8. The van der Waals surface area contributed by atoms with Gasteiger partial charge in [0.2, 0.25) is 10.0 Å². The molecule has 0 saturated carbocycles. The maximum Gasteiger partial charge on any atom is 0.254 e. The van der Waals surface area contributed by atoms with Crippen molar-refractivity contribution in [2.45, 2.75) is 17.9 Å². The Morgan fingerprint density at radius 1 is 1.25 bits per heavy atom. The van der Waals surface area contributed by atoms with Crippen molar-refractivity contribution in [1.82, 2.24) is 14.5 Å². The second kappa shape index (κ2) is 7.18. The van der Waals surface area contributed by atoms with E-state index in [0.29, 0.717) is 38.4 Å². The van der Waals surface area contributed by atoms with E-state index in [9.17, 15) is 13.2 Å². The minimum absolute atomic E-state index is 0.0887. The van der Waals surface area contributed by atoms with Crippen LogP contribution in [0.1, 0.15) is 17.3 Å². The summed E-state index contributed by atoms with van der Waals surface area (Å²) < 4.78 is 32.1. The van der Waals surface area contributed by atoms with E-state index < -0.39 is 10.0 Å². The maximum atomic E-state index is 12.7. The van der Waals surface area contributed by atoms with Gasteiger partial charge in [0.05, 0.1) is 18.1 Å². The Labute approximate surface area is 142 Å². The number of hydrogen-bond donors (Lipinski definition) is 1. The summed E-state index contributed by atoms with van der Waals surface area (Å²) in [6, 6.07) is 6.43. The number of amides is 1. The molecule has 1 aromatic carbocycles. The van der Waals surface area contributed by atoms with Crippen molar-refractivity contribution in [3.05, 3.63) is 29.8 Å². The number of nitrogens with zero attached hydrogens (tertiary/aromatic N) is 2. The molecule has 2 aliphatic rings. The quantitative estimate of drug-likeness (QED) is 0.836. The second-order valence-electron chi connectivity index (χ2n) is 6.10. The van der Waals surface area contributed by atoms with Crippen LogP contribution in [0.2, 0.25) is 0 Å². The number of ether oxygens (including phenoxy) is 1. The van der Waals surface area contributed by atoms with Crippen molar-refractivity contribution in [2.24, 2.45) is 0 Å². The number of carbonyl (C=O) groups is 1. The molecule has 1 atom stereocenters. The van der Waals surface area contributed by atoms with Crippen LogP contribution in [0.15, 0.2) is 29.2 Å². The van der Waals surface area contributed by atoms with E-state index in [0.717, 1.165) is 13.1 Å². The van der Waals surface area contributed by atoms with Crippen LogP contribution < -0.4 is 5.32 Å². The Balaban J connectivity index is 1.84. The largest absolute Gasteiger partial charge is 0.379 e. The van der Waals surface area contributed by atoms with Crippen molar-refractivity contribution >= 4 is 15.9 Å². The van der Waals surface area contributed by atoms with Gasteiger partial charge in [-0.2, -0.15) is 4.31 Å².